The van der Waals surface area contributed by atoms with Gasteiger partial charge in [0.05, 0.1) is 24.8 Å². The number of ether oxygens (including phenoxy) is 2. The standard InChI is InChI=1S/C20H23N3O3/c1-3-25-20-16(12-14-11-15(24-2)9-10-17(14)21-20)18-22-19(26-23-18)13-7-5-4-6-8-13/h9-13H,3-8H2,1-2H3. The first-order valence-corrected chi connectivity index (χ1v) is 9.24. The highest BCUT2D eigenvalue weighted by molar-refractivity contribution is 5.86. The molecule has 0 amide bonds. The van der Waals surface area contributed by atoms with Gasteiger partial charge in [-0.15, -0.1) is 0 Å². The van der Waals surface area contributed by atoms with Crippen molar-refractivity contribution in [3.05, 3.63) is 30.2 Å². The highest BCUT2D eigenvalue weighted by Gasteiger charge is 2.23. The highest BCUT2D eigenvalue weighted by atomic mass is 16.5. The van der Waals surface area contributed by atoms with Crippen molar-refractivity contribution >= 4 is 10.9 Å². The van der Waals surface area contributed by atoms with Crippen molar-refractivity contribution in [2.75, 3.05) is 13.7 Å². The van der Waals surface area contributed by atoms with Gasteiger partial charge in [-0.25, -0.2) is 4.98 Å². The molecule has 0 radical (unpaired) electrons. The Balaban J connectivity index is 1.75. The molecular formula is C20H23N3O3. The SMILES string of the molecule is CCOc1nc2ccc(OC)cc2cc1-c1noc(C2CCCCC2)n1. The molecule has 3 aromatic rings. The lowest BCUT2D eigenvalue weighted by Gasteiger charge is -2.17. The van der Waals surface area contributed by atoms with Gasteiger partial charge in [-0.1, -0.05) is 24.4 Å². The molecule has 1 fully saturated rings. The molecule has 1 aliphatic carbocycles. The number of hydrogen-bond donors (Lipinski definition) is 0. The fraction of sp³-hybridized carbons (Fsp3) is 0.450. The van der Waals surface area contributed by atoms with Gasteiger partial charge < -0.3 is 14.0 Å². The molecular weight excluding hydrogens is 330 g/mol. The zero-order chi connectivity index (χ0) is 17.9. The van der Waals surface area contributed by atoms with E-state index in [-0.39, 0.29) is 0 Å². The maximum Gasteiger partial charge on any atom is 0.230 e. The Morgan fingerprint density at radius 1 is 1.12 bits per heavy atom. The lowest BCUT2D eigenvalue weighted by Crippen LogP contribution is -2.04. The number of nitrogens with zero attached hydrogens (tertiary/aromatic N) is 3. The van der Waals surface area contributed by atoms with Crippen molar-refractivity contribution in [3.63, 3.8) is 0 Å². The van der Waals surface area contributed by atoms with E-state index in [2.05, 4.69) is 15.1 Å². The van der Waals surface area contributed by atoms with Gasteiger partial charge in [0.2, 0.25) is 17.6 Å². The number of methoxy groups -OCH3 is 1. The lowest BCUT2D eigenvalue weighted by molar-refractivity contribution is 0.313. The molecule has 0 spiro atoms. The summed E-state index contributed by atoms with van der Waals surface area (Å²) in [5, 5.41) is 5.17. The van der Waals surface area contributed by atoms with E-state index in [1.807, 2.05) is 31.2 Å². The topological polar surface area (TPSA) is 70.3 Å². The minimum absolute atomic E-state index is 0.369. The molecule has 136 valence electrons. The van der Waals surface area contributed by atoms with Crippen LogP contribution in [-0.2, 0) is 0 Å². The highest BCUT2D eigenvalue weighted by Crippen LogP contribution is 2.35. The normalized spacial score (nSPS) is 15.3. The van der Waals surface area contributed by atoms with Gasteiger partial charge in [0, 0.05) is 11.3 Å². The monoisotopic (exact) mass is 353 g/mol. The second kappa shape index (κ2) is 7.32. The maximum atomic E-state index is 5.75. The van der Waals surface area contributed by atoms with Crippen LogP contribution in [-0.4, -0.2) is 28.8 Å². The van der Waals surface area contributed by atoms with Gasteiger partial charge in [0.25, 0.3) is 0 Å². The summed E-state index contributed by atoms with van der Waals surface area (Å²) in [6, 6.07) is 7.75. The molecule has 26 heavy (non-hydrogen) atoms. The van der Waals surface area contributed by atoms with E-state index in [9.17, 15) is 0 Å². The first kappa shape index (κ1) is 16.8. The van der Waals surface area contributed by atoms with Crippen LogP contribution in [0, 0.1) is 0 Å². The molecule has 0 saturated heterocycles. The van der Waals surface area contributed by atoms with E-state index in [1.165, 1.54) is 19.3 Å². The molecule has 0 atom stereocenters. The molecule has 0 unspecified atom stereocenters. The van der Waals surface area contributed by atoms with Crippen LogP contribution < -0.4 is 9.47 Å². The van der Waals surface area contributed by atoms with Crippen molar-refractivity contribution in [2.24, 2.45) is 0 Å². The number of aromatic nitrogens is 3. The molecule has 0 bridgehead atoms. The Kier molecular flexibility index (Phi) is 4.73. The lowest BCUT2D eigenvalue weighted by atomic mass is 9.89. The van der Waals surface area contributed by atoms with Crippen LogP contribution in [0.3, 0.4) is 0 Å². The predicted molar refractivity (Wildman–Crippen MR) is 98.6 cm³/mol. The van der Waals surface area contributed by atoms with Gasteiger partial charge >= 0.3 is 0 Å². The summed E-state index contributed by atoms with van der Waals surface area (Å²) in [5.41, 5.74) is 1.59. The molecule has 1 aliphatic rings. The molecule has 2 aromatic heterocycles. The summed E-state index contributed by atoms with van der Waals surface area (Å²) in [4.78, 5) is 9.31. The van der Waals surface area contributed by atoms with Crippen LogP contribution in [0.4, 0.5) is 0 Å². The second-order valence-electron chi connectivity index (χ2n) is 6.62. The van der Waals surface area contributed by atoms with Crippen LogP contribution >= 0.6 is 0 Å². The Morgan fingerprint density at radius 2 is 1.96 bits per heavy atom. The molecule has 1 saturated carbocycles. The molecule has 2 heterocycles. The summed E-state index contributed by atoms with van der Waals surface area (Å²) < 4.78 is 16.6. The molecule has 4 rings (SSSR count). The van der Waals surface area contributed by atoms with E-state index >= 15 is 0 Å². The third-order valence-electron chi connectivity index (χ3n) is 4.91. The van der Waals surface area contributed by atoms with Gasteiger partial charge in [-0.2, -0.15) is 4.98 Å². The van der Waals surface area contributed by atoms with Crippen LogP contribution in [0.15, 0.2) is 28.8 Å². The average Bonchev–Trinajstić information content (AvgIpc) is 3.18. The van der Waals surface area contributed by atoms with Gasteiger partial charge in [-0.3, -0.25) is 0 Å². The van der Waals surface area contributed by atoms with E-state index in [0.717, 1.165) is 40.9 Å². The number of rotatable bonds is 5. The van der Waals surface area contributed by atoms with Crippen molar-refractivity contribution in [1.29, 1.82) is 0 Å². The number of hydrogen-bond acceptors (Lipinski definition) is 6. The third kappa shape index (κ3) is 3.23. The Hall–Kier alpha value is -2.63. The smallest absolute Gasteiger partial charge is 0.230 e. The van der Waals surface area contributed by atoms with Crippen LogP contribution in [0.5, 0.6) is 11.6 Å². The van der Waals surface area contributed by atoms with Crippen molar-refractivity contribution < 1.29 is 14.0 Å². The largest absolute Gasteiger partial charge is 0.497 e. The summed E-state index contributed by atoms with van der Waals surface area (Å²) in [6.45, 7) is 2.46. The predicted octanol–water partition coefficient (Wildman–Crippen LogP) is 4.74. The van der Waals surface area contributed by atoms with Crippen molar-refractivity contribution in [3.8, 4) is 23.0 Å². The molecule has 6 heteroatoms. The molecule has 1 aromatic carbocycles. The van der Waals surface area contributed by atoms with Crippen LogP contribution in [0.1, 0.15) is 50.8 Å². The number of fused-ring (bicyclic) bond motifs is 1. The summed E-state index contributed by atoms with van der Waals surface area (Å²) in [7, 11) is 1.65. The minimum atomic E-state index is 0.369. The molecule has 6 nitrogen and oxygen atoms in total. The fourth-order valence-corrected chi connectivity index (χ4v) is 3.53. The van der Waals surface area contributed by atoms with Gasteiger partial charge in [-0.05, 0) is 44.0 Å². The number of pyridine rings is 1. The minimum Gasteiger partial charge on any atom is -0.497 e. The maximum absolute atomic E-state index is 5.75. The van der Waals surface area contributed by atoms with Gasteiger partial charge in [0.1, 0.15) is 5.75 Å². The fourth-order valence-electron chi connectivity index (χ4n) is 3.53. The first-order valence-electron chi connectivity index (χ1n) is 9.24. The van der Waals surface area contributed by atoms with E-state index in [0.29, 0.717) is 24.2 Å². The zero-order valence-electron chi connectivity index (χ0n) is 15.2. The number of benzene rings is 1. The zero-order valence-corrected chi connectivity index (χ0v) is 15.2. The molecule has 0 N–H and O–H groups in total. The van der Waals surface area contributed by atoms with Gasteiger partial charge in [0.15, 0.2) is 0 Å². The summed E-state index contributed by atoms with van der Waals surface area (Å²) >= 11 is 0. The third-order valence-corrected chi connectivity index (χ3v) is 4.91. The van der Waals surface area contributed by atoms with E-state index in [1.54, 1.807) is 7.11 Å². The second-order valence-corrected chi connectivity index (χ2v) is 6.62. The summed E-state index contributed by atoms with van der Waals surface area (Å²) in [6.07, 6.45) is 5.98. The van der Waals surface area contributed by atoms with E-state index < -0.39 is 0 Å². The average molecular weight is 353 g/mol. The molecule has 0 aliphatic heterocycles. The Bertz CT molecular complexity index is 900. The summed E-state index contributed by atoms with van der Waals surface area (Å²) in [5.74, 6) is 2.94. The first-order chi connectivity index (χ1) is 12.8. The Labute approximate surface area is 152 Å². The Morgan fingerprint density at radius 3 is 2.73 bits per heavy atom. The van der Waals surface area contributed by atoms with Crippen molar-refractivity contribution in [1.82, 2.24) is 15.1 Å². The van der Waals surface area contributed by atoms with E-state index in [4.69, 9.17) is 14.0 Å². The quantitative estimate of drug-likeness (QED) is 0.660. The van der Waals surface area contributed by atoms with Crippen LogP contribution in [0.25, 0.3) is 22.3 Å². The van der Waals surface area contributed by atoms with Crippen LogP contribution in [0.2, 0.25) is 0 Å². The van der Waals surface area contributed by atoms with Crippen molar-refractivity contribution in [2.45, 2.75) is 44.9 Å².